The third-order valence-electron chi connectivity index (χ3n) is 6.34. The molecule has 2 heterocycles. The van der Waals surface area contributed by atoms with E-state index in [0.29, 0.717) is 5.91 Å². The van der Waals surface area contributed by atoms with Crippen molar-refractivity contribution in [1.29, 1.82) is 0 Å². The molecule has 0 radical (unpaired) electrons. The molecule has 4 heteroatoms. The predicted octanol–water partition coefficient (Wildman–Crippen LogP) is 2.79. The van der Waals surface area contributed by atoms with Crippen molar-refractivity contribution >= 4 is 5.91 Å². The molecule has 1 aromatic rings. The molecule has 0 bridgehead atoms. The lowest BCUT2D eigenvalue weighted by molar-refractivity contribution is -0.138. The van der Waals surface area contributed by atoms with E-state index in [9.17, 15) is 4.79 Å². The average Bonchev–Trinajstić information content (AvgIpc) is 2.69. The normalized spacial score (nSPS) is 21.7. The summed E-state index contributed by atoms with van der Waals surface area (Å²) in [5.74, 6) is 1.83. The highest BCUT2D eigenvalue weighted by Crippen LogP contribution is 2.24. The molecule has 2 aliphatic rings. The molecule has 1 atom stereocenters. The van der Waals surface area contributed by atoms with Crippen molar-refractivity contribution in [3.05, 3.63) is 35.9 Å². The van der Waals surface area contributed by atoms with E-state index in [4.69, 9.17) is 0 Å². The summed E-state index contributed by atoms with van der Waals surface area (Å²) in [6.45, 7) is 7.16. The quantitative estimate of drug-likeness (QED) is 0.850. The van der Waals surface area contributed by atoms with Gasteiger partial charge in [0.2, 0.25) is 5.91 Å². The molecule has 26 heavy (non-hydrogen) atoms. The van der Waals surface area contributed by atoms with E-state index in [1.807, 2.05) is 7.05 Å². The molecule has 1 unspecified atom stereocenters. The Labute approximate surface area is 158 Å². The van der Waals surface area contributed by atoms with Gasteiger partial charge in [0.15, 0.2) is 0 Å². The molecular formula is C22H35N3O. The Morgan fingerprint density at radius 2 is 1.65 bits per heavy atom. The van der Waals surface area contributed by atoms with Gasteiger partial charge in [-0.2, -0.15) is 0 Å². The summed E-state index contributed by atoms with van der Waals surface area (Å²) in [7, 11) is 2.01. The van der Waals surface area contributed by atoms with Crippen LogP contribution in [0.4, 0.5) is 0 Å². The van der Waals surface area contributed by atoms with Crippen LogP contribution < -0.4 is 5.32 Å². The summed E-state index contributed by atoms with van der Waals surface area (Å²) in [6, 6.07) is 10.8. The first kappa shape index (κ1) is 19.4. The maximum absolute atomic E-state index is 12.9. The Balaban J connectivity index is 1.43. The Morgan fingerprint density at radius 1 is 1.04 bits per heavy atom. The van der Waals surface area contributed by atoms with Crippen molar-refractivity contribution in [2.75, 3.05) is 39.8 Å². The first-order valence-electron chi connectivity index (χ1n) is 10.4. The van der Waals surface area contributed by atoms with Gasteiger partial charge < -0.3 is 10.2 Å². The Kier molecular flexibility index (Phi) is 7.09. The van der Waals surface area contributed by atoms with Gasteiger partial charge in [-0.25, -0.2) is 0 Å². The number of carbonyl (C=O) groups is 1. The van der Waals surface area contributed by atoms with Gasteiger partial charge in [-0.3, -0.25) is 9.69 Å². The molecule has 1 aromatic carbocycles. The second-order valence-corrected chi connectivity index (χ2v) is 8.17. The number of carbonyl (C=O) groups excluding carboxylic acids is 1. The number of benzene rings is 1. The SMILES string of the molecule is CNCC1CCN(C(=O)C(C)N2CCC(Cc3ccccc3)CC2)CC1. The van der Waals surface area contributed by atoms with E-state index in [-0.39, 0.29) is 6.04 Å². The molecule has 1 amide bonds. The van der Waals surface area contributed by atoms with Crippen LogP contribution in [0.3, 0.4) is 0 Å². The summed E-state index contributed by atoms with van der Waals surface area (Å²) in [5.41, 5.74) is 1.44. The van der Waals surface area contributed by atoms with Gasteiger partial charge in [0.25, 0.3) is 0 Å². The van der Waals surface area contributed by atoms with Gasteiger partial charge in [-0.1, -0.05) is 30.3 Å². The second-order valence-electron chi connectivity index (χ2n) is 8.17. The first-order chi connectivity index (χ1) is 12.7. The van der Waals surface area contributed by atoms with E-state index in [0.717, 1.165) is 57.4 Å². The van der Waals surface area contributed by atoms with Crippen LogP contribution in [0.25, 0.3) is 0 Å². The lowest BCUT2D eigenvalue weighted by Gasteiger charge is -2.39. The Bertz CT molecular complexity index is 546. The minimum atomic E-state index is 0.0357. The number of hydrogen-bond donors (Lipinski definition) is 1. The van der Waals surface area contributed by atoms with Gasteiger partial charge in [-0.05, 0) is 83.1 Å². The zero-order valence-corrected chi connectivity index (χ0v) is 16.5. The molecule has 144 valence electrons. The van der Waals surface area contributed by atoms with E-state index in [1.54, 1.807) is 0 Å². The van der Waals surface area contributed by atoms with Crippen molar-refractivity contribution in [2.24, 2.45) is 11.8 Å². The van der Waals surface area contributed by atoms with Gasteiger partial charge >= 0.3 is 0 Å². The van der Waals surface area contributed by atoms with E-state index in [1.165, 1.54) is 24.8 Å². The number of hydrogen-bond acceptors (Lipinski definition) is 3. The monoisotopic (exact) mass is 357 g/mol. The lowest BCUT2D eigenvalue weighted by Crippen LogP contribution is -2.51. The zero-order chi connectivity index (χ0) is 18.4. The molecule has 2 saturated heterocycles. The van der Waals surface area contributed by atoms with E-state index < -0.39 is 0 Å². The third-order valence-corrected chi connectivity index (χ3v) is 6.34. The fourth-order valence-corrected chi connectivity index (χ4v) is 4.56. The summed E-state index contributed by atoms with van der Waals surface area (Å²) in [6.07, 6.45) is 5.86. The van der Waals surface area contributed by atoms with Crippen LogP contribution in [0.2, 0.25) is 0 Å². The summed E-state index contributed by atoms with van der Waals surface area (Å²) in [4.78, 5) is 17.4. The topological polar surface area (TPSA) is 35.6 Å². The molecule has 4 nitrogen and oxygen atoms in total. The van der Waals surface area contributed by atoms with Crippen LogP contribution in [-0.4, -0.2) is 61.5 Å². The van der Waals surface area contributed by atoms with Crippen LogP contribution in [0, 0.1) is 11.8 Å². The van der Waals surface area contributed by atoms with Crippen molar-refractivity contribution in [3.8, 4) is 0 Å². The van der Waals surface area contributed by atoms with E-state index in [2.05, 4.69) is 52.4 Å². The number of nitrogens with one attached hydrogen (secondary N) is 1. The molecule has 2 aliphatic heterocycles. The standard InChI is InChI=1S/C22H35N3O/c1-18(22(26)25-14-10-21(11-15-25)17-23-2)24-12-8-20(9-13-24)16-19-6-4-3-5-7-19/h3-7,18,20-21,23H,8-17H2,1-2H3. The molecule has 1 N–H and O–H groups in total. The molecule has 3 rings (SSSR count). The van der Waals surface area contributed by atoms with Crippen molar-refractivity contribution in [1.82, 2.24) is 15.1 Å². The zero-order valence-electron chi connectivity index (χ0n) is 16.5. The smallest absolute Gasteiger partial charge is 0.239 e. The van der Waals surface area contributed by atoms with Gasteiger partial charge in [0, 0.05) is 13.1 Å². The summed E-state index contributed by atoms with van der Waals surface area (Å²) in [5, 5.41) is 3.27. The summed E-state index contributed by atoms with van der Waals surface area (Å²) >= 11 is 0. The average molecular weight is 358 g/mol. The summed E-state index contributed by atoms with van der Waals surface area (Å²) < 4.78 is 0. The molecular weight excluding hydrogens is 322 g/mol. The highest BCUT2D eigenvalue weighted by atomic mass is 16.2. The molecule has 2 fully saturated rings. The number of nitrogens with zero attached hydrogens (tertiary/aromatic N) is 2. The second kappa shape index (κ2) is 9.52. The minimum absolute atomic E-state index is 0.0357. The maximum Gasteiger partial charge on any atom is 0.239 e. The number of amides is 1. The van der Waals surface area contributed by atoms with Crippen molar-refractivity contribution in [2.45, 2.75) is 45.1 Å². The number of likely N-dealkylation sites (tertiary alicyclic amines) is 2. The molecule has 0 saturated carbocycles. The van der Waals surface area contributed by atoms with Crippen LogP contribution in [0.15, 0.2) is 30.3 Å². The lowest BCUT2D eigenvalue weighted by atomic mass is 9.89. The highest BCUT2D eigenvalue weighted by molar-refractivity contribution is 5.81. The van der Waals surface area contributed by atoms with Crippen LogP contribution in [0.1, 0.15) is 38.2 Å². The molecule has 0 spiro atoms. The van der Waals surface area contributed by atoms with Gasteiger partial charge in [0.05, 0.1) is 6.04 Å². The Hall–Kier alpha value is -1.39. The Morgan fingerprint density at radius 3 is 2.27 bits per heavy atom. The van der Waals surface area contributed by atoms with Gasteiger partial charge in [0.1, 0.15) is 0 Å². The molecule has 0 aromatic heterocycles. The van der Waals surface area contributed by atoms with Crippen molar-refractivity contribution < 1.29 is 4.79 Å². The fourth-order valence-electron chi connectivity index (χ4n) is 4.56. The first-order valence-corrected chi connectivity index (χ1v) is 10.4. The highest BCUT2D eigenvalue weighted by Gasteiger charge is 2.31. The maximum atomic E-state index is 12.9. The predicted molar refractivity (Wildman–Crippen MR) is 107 cm³/mol. The molecule has 0 aliphatic carbocycles. The van der Waals surface area contributed by atoms with Gasteiger partial charge in [-0.15, -0.1) is 0 Å². The largest absolute Gasteiger partial charge is 0.341 e. The fraction of sp³-hybridized carbons (Fsp3) is 0.682. The van der Waals surface area contributed by atoms with Crippen LogP contribution in [-0.2, 0) is 11.2 Å². The van der Waals surface area contributed by atoms with Crippen LogP contribution in [0.5, 0.6) is 0 Å². The number of piperidine rings is 2. The van der Waals surface area contributed by atoms with Crippen LogP contribution >= 0.6 is 0 Å². The minimum Gasteiger partial charge on any atom is -0.341 e. The van der Waals surface area contributed by atoms with Crippen molar-refractivity contribution in [3.63, 3.8) is 0 Å². The number of rotatable bonds is 6. The van der Waals surface area contributed by atoms with E-state index >= 15 is 0 Å². The third kappa shape index (κ3) is 5.08.